The molecule has 0 saturated carbocycles. The van der Waals surface area contributed by atoms with Crippen LogP contribution in [0.1, 0.15) is 32.3 Å². The van der Waals surface area contributed by atoms with Crippen molar-refractivity contribution in [2.24, 2.45) is 11.8 Å². The van der Waals surface area contributed by atoms with E-state index in [4.69, 9.17) is 24.1 Å². The normalized spacial score (nSPS) is 17.8. The van der Waals surface area contributed by atoms with Crippen molar-refractivity contribution in [3.63, 3.8) is 0 Å². The van der Waals surface area contributed by atoms with Crippen LogP contribution in [0.3, 0.4) is 0 Å². The zero-order chi connectivity index (χ0) is 20.5. The Morgan fingerprint density at radius 3 is 2.61 bits per heavy atom. The fourth-order valence-corrected chi connectivity index (χ4v) is 3.32. The maximum atomic E-state index is 11.1. The molecule has 1 aliphatic heterocycles. The van der Waals surface area contributed by atoms with Crippen molar-refractivity contribution in [2.45, 2.75) is 45.3 Å². The van der Waals surface area contributed by atoms with Crippen molar-refractivity contribution in [2.75, 3.05) is 34.0 Å². The van der Waals surface area contributed by atoms with E-state index in [2.05, 4.69) is 19.2 Å². The number of hydrogen-bond acceptors (Lipinski definition) is 5. The Hall–Kier alpha value is -1.99. The molecule has 2 rings (SSSR count). The van der Waals surface area contributed by atoms with Gasteiger partial charge in [-0.2, -0.15) is 0 Å². The molecular formula is C21H33NO6. The molecule has 7 heteroatoms. The lowest BCUT2D eigenvalue weighted by Gasteiger charge is -2.26. The summed E-state index contributed by atoms with van der Waals surface area (Å²) in [4.78, 5) is 11.1. The first-order valence-electron chi connectivity index (χ1n) is 9.84. The number of rotatable bonds is 13. The van der Waals surface area contributed by atoms with Crippen LogP contribution in [0.25, 0.3) is 0 Å². The number of epoxide rings is 1. The van der Waals surface area contributed by atoms with E-state index in [1.807, 2.05) is 18.2 Å². The number of hydrogen-bond donors (Lipinski definition) is 2. The molecule has 0 radical (unpaired) electrons. The van der Waals surface area contributed by atoms with Crippen molar-refractivity contribution in [1.29, 1.82) is 0 Å². The van der Waals surface area contributed by atoms with Gasteiger partial charge in [0.05, 0.1) is 26.4 Å². The second-order valence-electron chi connectivity index (χ2n) is 7.55. The molecule has 3 atom stereocenters. The number of amides is 1. The van der Waals surface area contributed by atoms with Crippen LogP contribution in [0.15, 0.2) is 18.2 Å². The number of carbonyl (C=O) groups is 1. The fraction of sp³-hybridized carbons (Fsp3) is 0.667. The average molecular weight is 395 g/mol. The molecule has 1 aliphatic rings. The lowest BCUT2D eigenvalue weighted by Crippen LogP contribution is -2.40. The maximum absolute atomic E-state index is 11.1. The van der Waals surface area contributed by atoms with Crippen LogP contribution in [0.2, 0.25) is 0 Å². The summed E-state index contributed by atoms with van der Waals surface area (Å²) in [5.41, 5.74) is 1.15. The Bertz CT molecular complexity index is 617. The first kappa shape index (κ1) is 22.3. The summed E-state index contributed by atoms with van der Waals surface area (Å²) >= 11 is 0. The number of benzene rings is 1. The summed E-state index contributed by atoms with van der Waals surface area (Å²) in [6, 6.07) is 5.82. The van der Waals surface area contributed by atoms with Gasteiger partial charge in [-0.05, 0) is 42.4 Å². The molecule has 1 unspecified atom stereocenters. The standard InChI is InChI=1S/C21H33NO6/c1-14(2)16(12-17(20-13-28-20)22-21(23)24)10-15-6-7-18(26-4)19(11-15)27-9-5-8-25-3/h6-7,11,14,16-17,20,22H,5,8-10,12-13H2,1-4H3,(H,23,24)/t16-,17+,20?/m0/s1. The number of ether oxygens (including phenoxy) is 4. The molecular weight excluding hydrogens is 362 g/mol. The highest BCUT2D eigenvalue weighted by molar-refractivity contribution is 5.65. The van der Waals surface area contributed by atoms with Gasteiger partial charge in [-0.25, -0.2) is 4.79 Å². The zero-order valence-corrected chi connectivity index (χ0v) is 17.3. The Labute approximate surface area is 167 Å². The fourth-order valence-electron chi connectivity index (χ4n) is 3.32. The summed E-state index contributed by atoms with van der Waals surface area (Å²) in [6.45, 7) is 6.17. The SMILES string of the molecule is COCCCOc1cc(C[C@@H](C[C@@H](NC(=O)O)C2CO2)C(C)C)ccc1OC. The second kappa shape index (κ2) is 11.1. The predicted molar refractivity (Wildman–Crippen MR) is 106 cm³/mol. The Kier molecular flexibility index (Phi) is 8.86. The minimum atomic E-state index is -1.00. The molecule has 1 aromatic rings. The van der Waals surface area contributed by atoms with Gasteiger partial charge in [-0.1, -0.05) is 19.9 Å². The van der Waals surface area contributed by atoms with Crippen molar-refractivity contribution >= 4 is 6.09 Å². The highest BCUT2D eigenvalue weighted by Gasteiger charge is 2.36. The molecule has 7 nitrogen and oxygen atoms in total. The maximum Gasteiger partial charge on any atom is 0.404 e. The van der Waals surface area contributed by atoms with Gasteiger partial charge in [0.1, 0.15) is 6.10 Å². The van der Waals surface area contributed by atoms with Crippen LogP contribution in [0.5, 0.6) is 11.5 Å². The zero-order valence-electron chi connectivity index (χ0n) is 17.3. The molecule has 0 aromatic heterocycles. The second-order valence-corrected chi connectivity index (χ2v) is 7.55. The van der Waals surface area contributed by atoms with E-state index < -0.39 is 6.09 Å². The summed E-state index contributed by atoms with van der Waals surface area (Å²) in [5.74, 6) is 2.16. The lowest BCUT2D eigenvalue weighted by molar-refractivity contribution is 0.170. The van der Waals surface area contributed by atoms with E-state index in [-0.39, 0.29) is 12.1 Å². The van der Waals surface area contributed by atoms with Crippen LogP contribution in [0, 0.1) is 11.8 Å². The Morgan fingerprint density at radius 1 is 1.29 bits per heavy atom. The molecule has 1 saturated heterocycles. The lowest BCUT2D eigenvalue weighted by atomic mass is 9.83. The number of nitrogens with one attached hydrogen (secondary N) is 1. The van der Waals surface area contributed by atoms with Gasteiger partial charge >= 0.3 is 6.09 Å². The highest BCUT2D eigenvalue weighted by Crippen LogP contribution is 2.32. The van der Waals surface area contributed by atoms with Gasteiger partial charge in [0.15, 0.2) is 11.5 Å². The predicted octanol–water partition coefficient (Wildman–Crippen LogP) is 3.35. The Balaban J connectivity index is 2.05. The molecule has 2 N–H and O–H groups in total. The third-order valence-corrected chi connectivity index (χ3v) is 5.09. The first-order valence-corrected chi connectivity index (χ1v) is 9.84. The van der Waals surface area contributed by atoms with Crippen LogP contribution < -0.4 is 14.8 Å². The van der Waals surface area contributed by atoms with Crippen LogP contribution >= 0.6 is 0 Å². The molecule has 0 aliphatic carbocycles. The van der Waals surface area contributed by atoms with Crippen LogP contribution in [0.4, 0.5) is 4.79 Å². The van der Waals surface area contributed by atoms with E-state index in [1.165, 1.54) is 0 Å². The molecule has 0 bridgehead atoms. The third kappa shape index (κ3) is 7.20. The molecule has 0 spiro atoms. The van der Waals surface area contributed by atoms with Gasteiger partial charge in [-0.3, -0.25) is 0 Å². The van der Waals surface area contributed by atoms with Gasteiger partial charge in [0.25, 0.3) is 0 Å². The quantitative estimate of drug-likeness (QED) is 0.393. The van der Waals surface area contributed by atoms with Crippen molar-refractivity contribution in [3.05, 3.63) is 23.8 Å². The largest absolute Gasteiger partial charge is 0.493 e. The van der Waals surface area contributed by atoms with Crippen LogP contribution in [-0.4, -0.2) is 57.4 Å². The number of carboxylic acid groups (broad SMARTS) is 1. The van der Waals surface area contributed by atoms with E-state index in [9.17, 15) is 4.79 Å². The molecule has 158 valence electrons. The van der Waals surface area contributed by atoms with Gasteiger partial charge in [-0.15, -0.1) is 0 Å². The van der Waals surface area contributed by atoms with Gasteiger partial charge in [0.2, 0.25) is 0 Å². The summed E-state index contributed by atoms with van der Waals surface area (Å²) in [5, 5.41) is 11.7. The van der Waals surface area contributed by atoms with Crippen molar-refractivity contribution in [3.8, 4) is 11.5 Å². The topological polar surface area (TPSA) is 89.6 Å². The summed E-state index contributed by atoms with van der Waals surface area (Å²) < 4.78 is 21.7. The van der Waals surface area contributed by atoms with E-state index in [0.29, 0.717) is 37.4 Å². The Morgan fingerprint density at radius 2 is 2.04 bits per heavy atom. The molecule has 28 heavy (non-hydrogen) atoms. The average Bonchev–Trinajstić information content (AvgIpc) is 3.49. The third-order valence-electron chi connectivity index (χ3n) is 5.09. The minimum Gasteiger partial charge on any atom is -0.493 e. The smallest absolute Gasteiger partial charge is 0.404 e. The van der Waals surface area contributed by atoms with E-state index in [0.717, 1.165) is 30.6 Å². The van der Waals surface area contributed by atoms with Crippen LogP contribution in [-0.2, 0) is 15.9 Å². The monoisotopic (exact) mass is 395 g/mol. The van der Waals surface area contributed by atoms with Gasteiger partial charge < -0.3 is 29.4 Å². The number of methoxy groups -OCH3 is 2. The van der Waals surface area contributed by atoms with Crippen molar-refractivity contribution < 1.29 is 28.8 Å². The van der Waals surface area contributed by atoms with E-state index >= 15 is 0 Å². The minimum absolute atomic E-state index is 0.00658. The molecule has 1 heterocycles. The molecule has 1 fully saturated rings. The molecule has 1 aromatic carbocycles. The highest BCUT2D eigenvalue weighted by atomic mass is 16.6. The van der Waals surface area contributed by atoms with E-state index in [1.54, 1.807) is 14.2 Å². The van der Waals surface area contributed by atoms with Gasteiger partial charge in [0, 0.05) is 20.1 Å². The first-order chi connectivity index (χ1) is 13.4. The van der Waals surface area contributed by atoms with Crippen molar-refractivity contribution in [1.82, 2.24) is 5.32 Å². The summed E-state index contributed by atoms with van der Waals surface area (Å²) in [7, 11) is 3.30. The molecule has 1 amide bonds. The summed E-state index contributed by atoms with van der Waals surface area (Å²) in [6.07, 6.45) is 1.38.